The van der Waals surface area contributed by atoms with Gasteiger partial charge in [-0.25, -0.2) is 0 Å². The van der Waals surface area contributed by atoms with Crippen molar-refractivity contribution >= 4 is 0 Å². The lowest BCUT2D eigenvalue weighted by molar-refractivity contribution is 0.109. The van der Waals surface area contributed by atoms with E-state index >= 15 is 0 Å². The fourth-order valence-corrected chi connectivity index (χ4v) is 2.32. The Labute approximate surface area is 90.3 Å². The number of fused-ring (bicyclic) bond motifs is 1. The van der Waals surface area contributed by atoms with E-state index in [1.807, 2.05) is 0 Å². The summed E-state index contributed by atoms with van der Waals surface area (Å²) in [6.07, 6.45) is 2.91. The normalized spacial score (nSPS) is 30.3. The predicted molar refractivity (Wildman–Crippen MR) is 58.5 cm³/mol. The molecule has 0 amide bonds. The molecular formula is C12H19NO2. The smallest absolute Gasteiger partial charge is 0.129 e. The van der Waals surface area contributed by atoms with E-state index in [4.69, 9.17) is 10.2 Å². The summed E-state index contributed by atoms with van der Waals surface area (Å²) in [6, 6.07) is 2.08. The minimum Gasteiger partial charge on any atom is -0.464 e. The molecule has 2 atom stereocenters. The Bertz CT molecular complexity index is 359. The summed E-state index contributed by atoms with van der Waals surface area (Å²) in [6.45, 7) is 4.09. The maximum atomic E-state index is 9.46. The SMILES string of the molecule is CCc1cc2c(o1)C(N)(CO)C(C)CC2. The van der Waals surface area contributed by atoms with Gasteiger partial charge >= 0.3 is 0 Å². The number of nitrogens with two attached hydrogens (primary N) is 1. The first-order valence-corrected chi connectivity index (χ1v) is 5.63. The second-order valence-electron chi connectivity index (χ2n) is 4.56. The van der Waals surface area contributed by atoms with Gasteiger partial charge in [0.2, 0.25) is 0 Å². The van der Waals surface area contributed by atoms with Crippen LogP contribution in [0.5, 0.6) is 0 Å². The molecule has 1 aromatic rings. The third-order valence-electron chi connectivity index (χ3n) is 3.62. The van der Waals surface area contributed by atoms with Crippen molar-refractivity contribution in [1.82, 2.24) is 0 Å². The molecule has 0 aliphatic heterocycles. The summed E-state index contributed by atoms with van der Waals surface area (Å²) in [5.41, 5.74) is 6.74. The quantitative estimate of drug-likeness (QED) is 0.777. The number of hydrogen-bond acceptors (Lipinski definition) is 3. The van der Waals surface area contributed by atoms with Crippen molar-refractivity contribution in [2.24, 2.45) is 11.7 Å². The fraction of sp³-hybridized carbons (Fsp3) is 0.667. The second-order valence-corrected chi connectivity index (χ2v) is 4.56. The van der Waals surface area contributed by atoms with Gasteiger partial charge in [0.25, 0.3) is 0 Å². The zero-order valence-electron chi connectivity index (χ0n) is 9.42. The molecule has 2 unspecified atom stereocenters. The molecule has 0 bridgehead atoms. The average Bonchev–Trinajstić information content (AvgIpc) is 2.68. The summed E-state index contributed by atoms with van der Waals surface area (Å²) >= 11 is 0. The van der Waals surface area contributed by atoms with Crippen LogP contribution in [-0.2, 0) is 18.4 Å². The largest absolute Gasteiger partial charge is 0.464 e. The molecule has 3 heteroatoms. The molecule has 1 aromatic heterocycles. The molecule has 0 spiro atoms. The standard InChI is InChI=1S/C12H19NO2/c1-3-10-6-9-5-4-8(2)12(13,7-14)11(9)15-10/h6,8,14H,3-5,7,13H2,1-2H3. The Morgan fingerprint density at radius 2 is 2.40 bits per heavy atom. The molecule has 0 fully saturated rings. The highest BCUT2D eigenvalue weighted by Crippen LogP contribution is 2.39. The van der Waals surface area contributed by atoms with Crippen LogP contribution >= 0.6 is 0 Å². The third kappa shape index (κ3) is 1.50. The predicted octanol–water partition coefficient (Wildman–Crippen LogP) is 1.57. The lowest BCUT2D eigenvalue weighted by Gasteiger charge is -2.36. The van der Waals surface area contributed by atoms with Crippen molar-refractivity contribution in [2.75, 3.05) is 6.61 Å². The zero-order chi connectivity index (χ0) is 11.1. The van der Waals surface area contributed by atoms with Crippen LogP contribution in [0.2, 0.25) is 0 Å². The van der Waals surface area contributed by atoms with Crippen molar-refractivity contribution in [3.05, 3.63) is 23.2 Å². The van der Waals surface area contributed by atoms with Gasteiger partial charge in [-0.05, 0) is 30.4 Å². The molecule has 0 radical (unpaired) electrons. The first kappa shape index (κ1) is 10.7. The lowest BCUT2D eigenvalue weighted by Crippen LogP contribution is -2.48. The molecular weight excluding hydrogens is 190 g/mol. The number of furan rings is 1. The molecule has 0 saturated carbocycles. The molecule has 1 heterocycles. The minimum atomic E-state index is -0.680. The summed E-state index contributed by atoms with van der Waals surface area (Å²) in [4.78, 5) is 0. The van der Waals surface area contributed by atoms with Gasteiger partial charge in [0.05, 0.1) is 6.61 Å². The second kappa shape index (κ2) is 3.65. The minimum absolute atomic E-state index is 0.0438. The van der Waals surface area contributed by atoms with E-state index in [1.165, 1.54) is 5.56 Å². The van der Waals surface area contributed by atoms with Gasteiger partial charge in [-0.2, -0.15) is 0 Å². The number of aliphatic hydroxyl groups excluding tert-OH is 1. The van der Waals surface area contributed by atoms with Gasteiger partial charge in [0.1, 0.15) is 17.1 Å². The molecule has 0 saturated heterocycles. The van der Waals surface area contributed by atoms with E-state index in [0.29, 0.717) is 0 Å². The summed E-state index contributed by atoms with van der Waals surface area (Å²) in [5.74, 6) is 2.05. The van der Waals surface area contributed by atoms with Crippen molar-refractivity contribution in [2.45, 2.75) is 38.6 Å². The number of rotatable bonds is 2. The van der Waals surface area contributed by atoms with Crippen LogP contribution in [0.15, 0.2) is 10.5 Å². The summed E-state index contributed by atoms with van der Waals surface area (Å²) < 4.78 is 5.75. The maximum absolute atomic E-state index is 9.46. The Morgan fingerprint density at radius 3 is 3.00 bits per heavy atom. The lowest BCUT2D eigenvalue weighted by atomic mass is 9.75. The van der Waals surface area contributed by atoms with Crippen molar-refractivity contribution in [3.8, 4) is 0 Å². The van der Waals surface area contributed by atoms with Gasteiger partial charge in [-0.3, -0.25) is 0 Å². The molecule has 1 aliphatic rings. The van der Waals surface area contributed by atoms with E-state index < -0.39 is 5.54 Å². The van der Waals surface area contributed by atoms with Crippen LogP contribution in [-0.4, -0.2) is 11.7 Å². The van der Waals surface area contributed by atoms with E-state index in [2.05, 4.69) is 19.9 Å². The van der Waals surface area contributed by atoms with E-state index in [-0.39, 0.29) is 12.5 Å². The van der Waals surface area contributed by atoms with Gasteiger partial charge < -0.3 is 15.3 Å². The molecule has 1 aliphatic carbocycles. The molecule has 2 rings (SSSR count). The maximum Gasteiger partial charge on any atom is 0.129 e. The Kier molecular flexibility index (Phi) is 2.61. The summed E-state index contributed by atoms with van der Waals surface area (Å²) in [5, 5.41) is 9.46. The average molecular weight is 209 g/mol. The molecule has 3 N–H and O–H groups in total. The van der Waals surface area contributed by atoms with Crippen LogP contribution in [0.4, 0.5) is 0 Å². The fourth-order valence-electron chi connectivity index (χ4n) is 2.32. The van der Waals surface area contributed by atoms with E-state index in [1.54, 1.807) is 0 Å². The van der Waals surface area contributed by atoms with E-state index in [0.717, 1.165) is 30.8 Å². The number of aryl methyl sites for hydroxylation is 2. The van der Waals surface area contributed by atoms with Crippen LogP contribution < -0.4 is 5.73 Å². The topological polar surface area (TPSA) is 59.4 Å². The van der Waals surface area contributed by atoms with E-state index in [9.17, 15) is 5.11 Å². The highest BCUT2D eigenvalue weighted by molar-refractivity contribution is 5.31. The van der Waals surface area contributed by atoms with Gasteiger partial charge in [0.15, 0.2) is 0 Å². The van der Waals surface area contributed by atoms with Crippen LogP contribution in [0, 0.1) is 5.92 Å². The van der Waals surface area contributed by atoms with Crippen molar-refractivity contribution in [1.29, 1.82) is 0 Å². The van der Waals surface area contributed by atoms with Crippen LogP contribution in [0.3, 0.4) is 0 Å². The van der Waals surface area contributed by atoms with Crippen LogP contribution in [0.25, 0.3) is 0 Å². The number of hydrogen-bond donors (Lipinski definition) is 2. The molecule has 0 aromatic carbocycles. The molecule has 3 nitrogen and oxygen atoms in total. The molecule has 84 valence electrons. The number of aliphatic hydroxyl groups is 1. The highest BCUT2D eigenvalue weighted by atomic mass is 16.3. The van der Waals surface area contributed by atoms with Gasteiger partial charge in [-0.15, -0.1) is 0 Å². The Hall–Kier alpha value is -0.800. The van der Waals surface area contributed by atoms with Crippen LogP contribution in [0.1, 0.15) is 37.4 Å². The Balaban J connectivity index is 2.47. The first-order chi connectivity index (χ1) is 7.11. The van der Waals surface area contributed by atoms with Crippen molar-refractivity contribution < 1.29 is 9.52 Å². The summed E-state index contributed by atoms with van der Waals surface area (Å²) in [7, 11) is 0. The third-order valence-corrected chi connectivity index (χ3v) is 3.62. The van der Waals surface area contributed by atoms with Gasteiger partial charge in [0, 0.05) is 6.42 Å². The molecule has 15 heavy (non-hydrogen) atoms. The monoisotopic (exact) mass is 209 g/mol. The Morgan fingerprint density at radius 1 is 1.67 bits per heavy atom. The van der Waals surface area contributed by atoms with Crippen molar-refractivity contribution in [3.63, 3.8) is 0 Å². The highest BCUT2D eigenvalue weighted by Gasteiger charge is 2.41. The van der Waals surface area contributed by atoms with Gasteiger partial charge in [-0.1, -0.05) is 13.8 Å². The zero-order valence-corrected chi connectivity index (χ0v) is 9.42. The first-order valence-electron chi connectivity index (χ1n) is 5.63.